The van der Waals surface area contributed by atoms with E-state index >= 15 is 0 Å². The first-order valence-electron chi connectivity index (χ1n) is 7.52. The molecule has 1 aromatic rings. The van der Waals surface area contributed by atoms with Crippen LogP contribution < -0.4 is 0 Å². The Bertz CT molecular complexity index is 639. The fourth-order valence-corrected chi connectivity index (χ4v) is 2.58. The number of pyridine rings is 1. The Kier molecular flexibility index (Phi) is 8.59. The molecule has 0 aliphatic heterocycles. The number of aromatic nitrogens is 1. The monoisotopic (exact) mass is 403 g/mol. The van der Waals surface area contributed by atoms with Crippen molar-refractivity contribution in [1.29, 1.82) is 0 Å². The molecule has 0 bridgehead atoms. The Labute approximate surface area is 158 Å². The Morgan fingerprint density at radius 3 is 1.30 bits per heavy atom. The van der Waals surface area contributed by atoms with Gasteiger partial charge >= 0.3 is 23.9 Å². The molecule has 11 nitrogen and oxygen atoms in total. The Morgan fingerprint density at radius 1 is 0.741 bits per heavy atom. The van der Waals surface area contributed by atoms with Crippen LogP contribution in [0.1, 0.15) is 11.4 Å². The van der Waals surface area contributed by atoms with Crippen molar-refractivity contribution in [3.63, 3.8) is 0 Å². The van der Waals surface area contributed by atoms with Gasteiger partial charge in [-0.05, 0) is 12.1 Å². The summed E-state index contributed by atoms with van der Waals surface area (Å²) in [6.45, 7) is -2.35. The van der Waals surface area contributed by atoms with Gasteiger partial charge in [-0.2, -0.15) is 0 Å². The summed E-state index contributed by atoms with van der Waals surface area (Å²) in [5, 5.41) is 35.7. The molecule has 1 heterocycles. The molecule has 0 unspecified atom stereocenters. The van der Waals surface area contributed by atoms with Crippen molar-refractivity contribution in [3.8, 4) is 0 Å². The summed E-state index contributed by atoms with van der Waals surface area (Å²) in [5.74, 6) is -4.86. The molecule has 0 spiro atoms. The molecular formula is C15H18ClN3O8. The lowest BCUT2D eigenvalue weighted by Crippen LogP contribution is -2.35. The SMILES string of the molecule is O=C(O)CN(CC(=O)O)Cc1cc(Cl)cc(CN(CC(=O)O)CC(=O)O)n1. The summed E-state index contributed by atoms with van der Waals surface area (Å²) < 4.78 is 0. The zero-order valence-electron chi connectivity index (χ0n) is 14.0. The van der Waals surface area contributed by atoms with Gasteiger partial charge in [0.05, 0.1) is 37.6 Å². The van der Waals surface area contributed by atoms with Crippen molar-refractivity contribution in [2.24, 2.45) is 0 Å². The average Bonchev–Trinajstić information content (AvgIpc) is 2.42. The van der Waals surface area contributed by atoms with E-state index in [1.165, 1.54) is 12.1 Å². The highest BCUT2D eigenvalue weighted by Gasteiger charge is 2.18. The lowest BCUT2D eigenvalue weighted by Gasteiger charge is -2.20. The maximum atomic E-state index is 10.9. The Morgan fingerprint density at radius 2 is 1.04 bits per heavy atom. The van der Waals surface area contributed by atoms with Crippen molar-refractivity contribution < 1.29 is 39.6 Å². The van der Waals surface area contributed by atoms with E-state index in [2.05, 4.69) is 4.98 Å². The number of rotatable bonds is 12. The van der Waals surface area contributed by atoms with Crippen LogP contribution in [0.4, 0.5) is 0 Å². The van der Waals surface area contributed by atoms with E-state index in [1.54, 1.807) is 0 Å². The lowest BCUT2D eigenvalue weighted by molar-refractivity contribution is -0.144. The third-order valence-electron chi connectivity index (χ3n) is 3.10. The summed E-state index contributed by atoms with van der Waals surface area (Å²) >= 11 is 6.00. The lowest BCUT2D eigenvalue weighted by atomic mass is 10.2. The van der Waals surface area contributed by atoms with Crippen LogP contribution in [0.3, 0.4) is 0 Å². The van der Waals surface area contributed by atoms with Gasteiger partial charge < -0.3 is 20.4 Å². The maximum absolute atomic E-state index is 10.9. The number of carbonyl (C=O) groups is 4. The summed E-state index contributed by atoms with van der Waals surface area (Å²) in [4.78, 5) is 49.9. The number of halogens is 1. The molecule has 0 radical (unpaired) electrons. The second-order valence-electron chi connectivity index (χ2n) is 5.63. The van der Waals surface area contributed by atoms with Crippen LogP contribution in [0.15, 0.2) is 12.1 Å². The number of carboxylic acid groups (broad SMARTS) is 4. The topological polar surface area (TPSA) is 169 Å². The minimum atomic E-state index is -1.22. The second-order valence-corrected chi connectivity index (χ2v) is 6.07. The largest absolute Gasteiger partial charge is 0.480 e. The third-order valence-corrected chi connectivity index (χ3v) is 3.32. The Balaban J connectivity index is 2.99. The van der Waals surface area contributed by atoms with Crippen LogP contribution in [0, 0.1) is 0 Å². The predicted molar refractivity (Wildman–Crippen MR) is 90.3 cm³/mol. The molecule has 148 valence electrons. The standard InChI is InChI=1S/C15H18ClN3O8/c16-9-1-10(3-18(5-12(20)21)6-13(22)23)17-11(2-9)4-19(7-14(24)25)8-15(26)27/h1-2H,3-8H2,(H,20,21)(H,22,23)(H,24,25)(H,26,27). The molecule has 0 amide bonds. The van der Waals surface area contributed by atoms with Gasteiger partial charge in [-0.3, -0.25) is 34.0 Å². The summed E-state index contributed by atoms with van der Waals surface area (Å²) in [6.07, 6.45) is 0. The highest BCUT2D eigenvalue weighted by molar-refractivity contribution is 6.30. The number of hydrogen-bond acceptors (Lipinski definition) is 7. The van der Waals surface area contributed by atoms with Crippen molar-refractivity contribution in [3.05, 3.63) is 28.5 Å². The van der Waals surface area contributed by atoms with Crippen LogP contribution >= 0.6 is 11.6 Å². The van der Waals surface area contributed by atoms with Crippen molar-refractivity contribution in [1.82, 2.24) is 14.8 Å². The molecule has 0 aliphatic rings. The van der Waals surface area contributed by atoms with Gasteiger partial charge in [0.25, 0.3) is 0 Å². The molecule has 4 N–H and O–H groups in total. The molecular weight excluding hydrogens is 386 g/mol. The first-order chi connectivity index (χ1) is 12.5. The highest BCUT2D eigenvalue weighted by Crippen LogP contribution is 2.15. The van der Waals surface area contributed by atoms with Crippen LogP contribution in [-0.4, -0.2) is 85.3 Å². The molecule has 12 heteroatoms. The molecule has 0 fully saturated rings. The smallest absolute Gasteiger partial charge is 0.317 e. The van der Waals surface area contributed by atoms with Crippen LogP contribution in [0.25, 0.3) is 0 Å². The molecule has 0 atom stereocenters. The molecule has 0 saturated carbocycles. The molecule has 1 aromatic heterocycles. The van der Waals surface area contributed by atoms with Gasteiger partial charge in [0.15, 0.2) is 0 Å². The fourth-order valence-electron chi connectivity index (χ4n) is 2.33. The van der Waals surface area contributed by atoms with Crippen LogP contribution in [0.5, 0.6) is 0 Å². The van der Waals surface area contributed by atoms with E-state index in [9.17, 15) is 19.2 Å². The zero-order valence-corrected chi connectivity index (χ0v) is 14.8. The molecule has 1 rings (SSSR count). The van der Waals surface area contributed by atoms with E-state index < -0.39 is 50.1 Å². The number of carboxylic acids is 4. The van der Waals surface area contributed by atoms with Crippen LogP contribution in [-0.2, 0) is 32.3 Å². The summed E-state index contributed by atoms with van der Waals surface area (Å²) in [5.41, 5.74) is 0.538. The second kappa shape index (κ2) is 10.4. The van der Waals surface area contributed by atoms with Gasteiger partial charge in [0.1, 0.15) is 0 Å². The fraction of sp³-hybridized carbons (Fsp3) is 0.400. The van der Waals surface area contributed by atoms with E-state index in [0.717, 1.165) is 9.80 Å². The quantitative estimate of drug-likeness (QED) is 0.360. The minimum Gasteiger partial charge on any atom is -0.480 e. The van der Waals surface area contributed by atoms with E-state index in [4.69, 9.17) is 32.0 Å². The molecule has 0 saturated heterocycles. The third kappa shape index (κ3) is 9.49. The highest BCUT2D eigenvalue weighted by atomic mass is 35.5. The summed E-state index contributed by atoms with van der Waals surface area (Å²) in [6, 6.07) is 2.83. The zero-order chi connectivity index (χ0) is 20.6. The first-order valence-corrected chi connectivity index (χ1v) is 7.90. The van der Waals surface area contributed by atoms with Gasteiger partial charge in [-0.15, -0.1) is 0 Å². The summed E-state index contributed by atoms with van der Waals surface area (Å²) in [7, 11) is 0. The van der Waals surface area contributed by atoms with Crippen LogP contribution in [0.2, 0.25) is 5.02 Å². The van der Waals surface area contributed by atoms with Crippen molar-refractivity contribution in [2.75, 3.05) is 26.2 Å². The van der Waals surface area contributed by atoms with E-state index in [-0.39, 0.29) is 29.5 Å². The maximum Gasteiger partial charge on any atom is 0.317 e. The predicted octanol–water partition coefficient (Wildman–Crippen LogP) is -0.323. The Hall–Kier alpha value is -2.76. The number of hydrogen-bond donors (Lipinski definition) is 4. The number of nitrogens with zero attached hydrogens (tertiary/aromatic N) is 3. The van der Waals surface area contributed by atoms with Crippen molar-refractivity contribution in [2.45, 2.75) is 13.1 Å². The van der Waals surface area contributed by atoms with Gasteiger partial charge in [-0.1, -0.05) is 11.6 Å². The average molecular weight is 404 g/mol. The molecule has 27 heavy (non-hydrogen) atoms. The molecule has 0 aromatic carbocycles. The first kappa shape index (κ1) is 22.3. The van der Waals surface area contributed by atoms with Gasteiger partial charge in [0, 0.05) is 18.1 Å². The normalized spacial score (nSPS) is 10.9. The van der Waals surface area contributed by atoms with Gasteiger partial charge in [0.2, 0.25) is 0 Å². The van der Waals surface area contributed by atoms with E-state index in [1.807, 2.05) is 0 Å². The van der Waals surface area contributed by atoms with Crippen molar-refractivity contribution >= 4 is 35.5 Å². The number of aliphatic carboxylic acids is 4. The minimum absolute atomic E-state index is 0.121. The molecule has 0 aliphatic carbocycles. The van der Waals surface area contributed by atoms with E-state index in [0.29, 0.717) is 0 Å². The van der Waals surface area contributed by atoms with Gasteiger partial charge in [-0.25, -0.2) is 0 Å².